The monoisotopic (exact) mass is 424 g/mol. The number of nitrogens with zero attached hydrogens (tertiary/aromatic N) is 6. The maximum absolute atomic E-state index is 13.0. The molecule has 5 rings (SSSR count). The highest BCUT2D eigenvalue weighted by molar-refractivity contribution is 5.98. The van der Waals surface area contributed by atoms with Crippen molar-refractivity contribution >= 4 is 22.5 Å². The third-order valence-electron chi connectivity index (χ3n) is 5.82. The summed E-state index contributed by atoms with van der Waals surface area (Å²) in [4.78, 5) is 35.4. The summed E-state index contributed by atoms with van der Waals surface area (Å²) in [5.74, 6) is 0.892. The van der Waals surface area contributed by atoms with E-state index in [1.165, 1.54) is 0 Å². The topological polar surface area (TPSA) is 75.1 Å². The van der Waals surface area contributed by atoms with Gasteiger partial charge in [-0.05, 0) is 43.4 Å². The van der Waals surface area contributed by atoms with Crippen molar-refractivity contribution in [2.75, 3.05) is 38.1 Å². The van der Waals surface area contributed by atoms with Gasteiger partial charge in [-0.2, -0.15) is 0 Å². The number of ketones is 1. The second-order valence-corrected chi connectivity index (χ2v) is 8.10. The summed E-state index contributed by atoms with van der Waals surface area (Å²) in [6.45, 7) is 3.82. The zero-order valence-electron chi connectivity index (χ0n) is 18.0. The second kappa shape index (κ2) is 8.80. The number of rotatable bonds is 5. The third kappa shape index (κ3) is 4.33. The lowest BCUT2D eigenvalue weighted by molar-refractivity contribution is 0.0992. The quantitative estimate of drug-likeness (QED) is 0.455. The highest BCUT2D eigenvalue weighted by atomic mass is 16.1. The maximum Gasteiger partial charge on any atom is 0.169 e. The highest BCUT2D eigenvalue weighted by Crippen LogP contribution is 2.22. The molecule has 0 spiro atoms. The van der Waals surface area contributed by atoms with Gasteiger partial charge in [0.1, 0.15) is 5.82 Å². The Hall–Kier alpha value is -3.71. The van der Waals surface area contributed by atoms with Crippen LogP contribution in [0, 0.1) is 0 Å². The van der Waals surface area contributed by atoms with Crippen LogP contribution in [0.4, 0.5) is 5.82 Å². The first kappa shape index (κ1) is 20.2. The average molecular weight is 425 g/mol. The van der Waals surface area contributed by atoms with E-state index < -0.39 is 0 Å². The molecule has 0 aromatic carbocycles. The molecule has 1 saturated heterocycles. The molecule has 32 heavy (non-hydrogen) atoms. The summed E-state index contributed by atoms with van der Waals surface area (Å²) in [6.07, 6.45) is 7.24. The Morgan fingerprint density at radius 3 is 2.59 bits per heavy atom. The van der Waals surface area contributed by atoms with Gasteiger partial charge in [-0.25, -0.2) is 4.98 Å². The minimum absolute atomic E-state index is 0.0310. The molecule has 5 heterocycles. The Labute approximate surface area is 186 Å². The SMILES string of the molecule is CN1CCN(c2cc(C(=O)Cc3cc4cc(-c5ccccn5)cnc4cn3)ccn2)CC1. The van der Waals surface area contributed by atoms with Crippen molar-refractivity contribution < 1.29 is 4.79 Å². The summed E-state index contributed by atoms with van der Waals surface area (Å²) < 4.78 is 0. The number of anilines is 1. The summed E-state index contributed by atoms with van der Waals surface area (Å²) in [7, 11) is 2.12. The molecule has 0 radical (unpaired) electrons. The molecule has 160 valence electrons. The number of fused-ring (bicyclic) bond motifs is 1. The number of piperazine rings is 1. The number of aromatic nitrogens is 4. The van der Waals surface area contributed by atoms with Crippen LogP contribution >= 0.6 is 0 Å². The van der Waals surface area contributed by atoms with Crippen molar-refractivity contribution in [3.63, 3.8) is 0 Å². The standard InChI is InChI=1S/C25H24N6O/c1-30-8-10-31(11-9-30)25-14-18(5-7-27-25)24(32)15-21-13-19-12-20(16-29-23(19)17-28-21)22-4-2-3-6-26-22/h2-7,12-14,16-17H,8-11,15H2,1H3. The Balaban J connectivity index is 1.36. The van der Waals surface area contributed by atoms with E-state index in [-0.39, 0.29) is 12.2 Å². The fourth-order valence-electron chi connectivity index (χ4n) is 3.91. The molecular weight excluding hydrogens is 400 g/mol. The van der Waals surface area contributed by atoms with E-state index >= 15 is 0 Å². The summed E-state index contributed by atoms with van der Waals surface area (Å²) in [6, 6.07) is 13.5. The predicted molar refractivity (Wildman–Crippen MR) is 125 cm³/mol. The molecule has 0 unspecified atom stereocenters. The maximum atomic E-state index is 13.0. The number of carbonyl (C=O) groups excluding carboxylic acids is 1. The number of carbonyl (C=O) groups is 1. The van der Waals surface area contributed by atoms with E-state index in [0.29, 0.717) is 5.56 Å². The van der Waals surface area contributed by atoms with Crippen molar-refractivity contribution in [3.8, 4) is 11.3 Å². The molecule has 4 aromatic rings. The van der Waals surface area contributed by atoms with Crippen LogP contribution < -0.4 is 4.90 Å². The lowest BCUT2D eigenvalue weighted by Gasteiger charge is -2.33. The van der Waals surface area contributed by atoms with Gasteiger partial charge >= 0.3 is 0 Å². The van der Waals surface area contributed by atoms with Crippen molar-refractivity contribution in [1.82, 2.24) is 24.8 Å². The summed E-state index contributed by atoms with van der Waals surface area (Å²) >= 11 is 0. The normalized spacial score (nSPS) is 14.6. The molecule has 1 fully saturated rings. The van der Waals surface area contributed by atoms with E-state index in [1.54, 1.807) is 30.9 Å². The van der Waals surface area contributed by atoms with Crippen molar-refractivity contribution in [3.05, 3.63) is 78.5 Å². The van der Waals surface area contributed by atoms with Crippen LogP contribution in [0.1, 0.15) is 16.1 Å². The second-order valence-electron chi connectivity index (χ2n) is 8.10. The van der Waals surface area contributed by atoms with Gasteiger partial charge in [-0.1, -0.05) is 6.07 Å². The number of hydrogen-bond donors (Lipinski definition) is 0. The molecule has 1 aliphatic rings. The number of pyridine rings is 4. The van der Waals surface area contributed by atoms with Gasteiger partial charge in [-0.3, -0.25) is 19.7 Å². The van der Waals surface area contributed by atoms with Crippen molar-refractivity contribution in [2.24, 2.45) is 0 Å². The first-order valence-corrected chi connectivity index (χ1v) is 10.7. The van der Waals surface area contributed by atoms with Crippen LogP contribution in [-0.2, 0) is 6.42 Å². The highest BCUT2D eigenvalue weighted by Gasteiger charge is 2.17. The largest absolute Gasteiger partial charge is 0.354 e. The minimum atomic E-state index is 0.0310. The summed E-state index contributed by atoms with van der Waals surface area (Å²) in [5.41, 5.74) is 3.98. The minimum Gasteiger partial charge on any atom is -0.354 e. The van der Waals surface area contributed by atoms with E-state index in [0.717, 1.165) is 59.9 Å². The number of Topliss-reactive ketones (excluding diaryl/α,β-unsaturated/α-hetero) is 1. The molecule has 0 bridgehead atoms. The van der Waals surface area contributed by atoms with Crippen LogP contribution in [0.5, 0.6) is 0 Å². The number of hydrogen-bond acceptors (Lipinski definition) is 7. The van der Waals surface area contributed by atoms with E-state index in [9.17, 15) is 4.79 Å². The van der Waals surface area contributed by atoms with Gasteiger partial charge < -0.3 is 9.80 Å². The lowest BCUT2D eigenvalue weighted by atomic mass is 10.1. The predicted octanol–water partition coefficient (Wildman–Crippen LogP) is 3.26. The Kier molecular flexibility index (Phi) is 5.56. The van der Waals surface area contributed by atoms with Crippen LogP contribution in [0.25, 0.3) is 22.2 Å². The first-order chi connectivity index (χ1) is 15.7. The van der Waals surface area contributed by atoms with Crippen LogP contribution in [0.3, 0.4) is 0 Å². The van der Waals surface area contributed by atoms with E-state index in [1.807, 2.05) is 36.4 Å². The molecule has 0 saturated carbocycles. The van der Waals surface area contributed by atoms with Gasteiger partial charge in [0.15, 0.2) is 5.78 Å². The molecule has 7 nitrogen and oxygen atoms in total. The van der Waals surface area contributed by atoms with Gasteiger partial charge in [-0.15, -0.1) is 0 Å². The molecule has 0 atom stereocenters. The van der Waals surface area contributed by atoms with Gasteiger partial charge in [0.05, 0.1) is 23.8 Å². The van der Waals surface area contributed by atoms with Crippen molar-refractivity contribution in [2.45, 2.75) is 6.42 Å². The van der Waals surface area contributed by atoms with Gasteiger partial charge in [0.2, 0.25) is 0 Å². The van der Waals surface area contributed by atoms with Crippen LogP contribution in [-0.4, -0.2) is 63.8 Å². The molecule has 0 aliphatic carbocycles. The molecule has 7 heteroatoms. The van der Waals surface area contributed by atoms with Crippen LogP contribution in [0.2, 0.25) is 0 Å². The lowest BCUT2D eigenvalue weighted by Crippen LogP contribution is -2.44. The van der Waals surface area contributed by atoms with Gasteiger partial charge in [0, 0.05) is 67.0 Å². The molecular formula is C25H24N6O. The first-order valence-electron chi connectivity index (χ1n) is 10.7. The third-order valence-corrected chi connectivity index (χ3v) is 5.82. The van der Waals surface area contributed by atoms with Crippen LogP contribution in [0.15, 0.2) is 67.3 Å². The molecule has 0 amide bonds. The van der Waals surface area contributed by atoms with Crippen molar-refractivity contribution in [1.29, 1.82) is 0 Å². The molecule has 4 aromatic heterocycles. The van der Waals surface area contributed by atoms with Gasteiger partial charge in [0.25, 0.3) is 0 Å². The Morgan fingerprint density at radius 2 is 1.78 bits per heavy atom. The average Bonchev–Trinajstić information content (AvgIpc) is 2.84. The fourth-order valence-corrected chi connectivity index (χ4v) is 3.91. The van der Waals surface area contributed by atoms with E-state index in [2.05, 4.69) is 36.8 Å². The zero-order chi connectivity index (χ0) is 21.9. The Bertz CT molecular complexity index is 1250. The smallest absolute Gasteiger partial charge is 0.169 e. The Morgan fingerprint density at radius 1 is 0.906 bits per heavy atom. The molecule has 1 aliphatic heterocycles. The summed E-state index contributed by atoms with van der Waals surface area (Å²) in [5, 5.41) is 0.943. The fraction of sp³-hybridized carbons (Fsp3) is 0.240. The zero-order valence-corrected chi connectivity index (χ0v) is 18.0. The number of likely N-dealkylation sites (N-methyl/N-ethyl adjacent to an activating group) is 1. The van der Waals surface area contributed by atoms with E-state index in [4.69, 9.17) is 0 Å². The molecule has 0 N–H and O–H groups in total.